The van der Waals surface area contributed by atoms with Crippen molar-refractivity contribution in [1.29, 1.82) is 0 Å². The summed E-state index contributed by atoms with van der Waals surface area (Å²) in [6.07, 6.45) is 0. The molecule has 5 heteroatoms. The van der Waals surface area contributed by atoms with E-state index in [1.165, 1.54) is 21.3 Å². The van der Waals surface area contributed by atoms with Gasteiger partial charge in [0.15, 0.2) is 11.5 Å². The van der Waals surface area contributed by atoms with Crippen LogP contribution in [0.25, 0.3) is 0 Å². The molecule has 0 unspecified atom stereocenters. The fraction of sp³-hybridized carbons (Fsp3) is 0.357. The van der Waals surface area contributed by atoms with Crippen LogP contribution in [0.1, 0.15) is 12.5 Å². The van der Waals surface area contributed by atoms with Gasteiger partial charge in [0.25, 0.3) is 0 Å². The number of rotatable bonds is 4. The maximum absolute atomic E-state index is 11.2. The van der Waals surface area contributed by atoms with Crippen molar-refractivity contribution in [3.8, 4) is 29.1 Å². The molecule has 0 radical (unpaired) electrons. The number of methoxy groups -OCH3 is 3. The molecular formula is C14H16O5. The summed E-state index contributed by atoms with van der Waals surface area (Å²) in [6, 6.07) is 3.32. The molecular weight excluding hydrogens is 248 g/mol. The first-order valence-corrected chi connectivity index (χ1v) is 5.65. The van der Waals surface area contributed by atoms with Gasteiger partial charge in [0.2, 0.25) is 5.75 Å². The fourth-order valence-electron chi connectivity index (χ4n) is 1.44. The van der Waals surface area contributed by atoms with Gasteiger partial charge in [-0.05, 0) is 19.1 Å². The van der Waals surface area contributed by atoms with E-state index < -0.39 is 5.97 Å². The van der Waals surface area contributed by atoms with Gasteiger partial charge in [0.05, 0.1) is 27.9 Å². The summed E-state index contributed by atoms with van der Waals surface area (Å²) in [5, 5.41) is 0. The summed E-state index contributed by atoms with van der Waals surface area (Å²) < 4.78 is 20.3. The highest BCUT2D eigenvalue weighted by atomic mass is 16.5. The van der Waals surface area contributed by atoms with Crippen LogP contribution in [-0.4, -0.2) is 33.9 Å². The molecule has 1 rings (SSSR count). The maximum atomic E-state index is 11.2. The van der Waals surface area contributed by atoms with E-state index in [4.69, 9.17) is 18.9 Å². The third-order valence-electron chi connectivity index (χ3n) is 2.25. The topological polar surface area (TPSA) is 54.0 Å². The molecule has 0 aliphatic rings. The number of ether oxygens (including phenoxy) is 4. The molecule has 0 aliphatic heterocycles. The first-order valence-electron chi connectivity index (χ1n) is 5.65. The Bertz CT molecular complexity index is 485. The normalized spacial score (nSPS) is 9.05. The van der Waals surface area contributed by atoms with Crippen LogP contribution >= 0.6 is 0 Å². The van der Waals surface area contributed by atoms with Gasteiger partial charge in [-0.2, -0.15) is 0 Å². The van der Waals surface area contributed by atoms with E-state index in [1.807, 2.05) is 0 Å². The lowest BCUT2D eigenvalue weighted by atomic mass is 10.2. The van der Waals surface area contributed by atoms with Gasteiger partial charge in [0.1, 0.15) is 0 Å². The number of hydrogen-bond donors (Lipinski definition) is 0. The Kier molecular flexibility index (Phi) is 5.55. The monoisotopic (exact) mass is 264 g/mol. The van der Waals surface area contributed by atoms with Crippen molar-refractivity contribution < 1.29 is 23.7 Å². The fourth-order valence-corrected chi connectivity index (χ4v) is 1.44. The van der Waals surface area contributed by atoms with E-state index >= 15 is 0 Å². The van der Waals surface area contributed by atoms with Crippen LogP contribution in [-0.2, 0) is 9.53 Å². The zero-order valence-electron chi connectivity index (χ0n) is 11.4. The van der Waals surface area contributed by atoms with Crippen LogP contribution in [0, 0.1) is 11.8 Å². The van der Waals surface area contributed by atoms with Crippen molar-refractivity contribution in [3.05, 3.63) is 17.7 Å². The molecule has 19 heavy (non-hydrogen) atoms. The van der Waals surface area contributed by atoms with Gasteiger partial charge in [0, 0.05) is 11.5 Å². The molecule has 0 atom stereocenters. The molecule has 0 heterocycles. The molecule has 0 fully saturated rings. The predicted octanol–water partition coefficient (Wildman–Crippen LogP) is 1.63. The first kappa shape index (κ1) is 14.7. The molecule has 5 nitrogen and oxygen atoms in total. The third-order valence-corrected chi connectivity index (χ3v) is 2.25. The molecule has 0 amide bonds. The lowest BCUT2D eigenvalue weighted by Gasteiger charge is -2.12. The van der Waals surface area contributed by atoms with Crippen LogP contribution < -0.4 is 14.2 Å². The number of carbonyl (C=O) groups excluding carboxylic acids is 1. The Morgan fingerprint density at radius 2 is 1.68 bits per heavy atom. The Morgan fingerprint density at radius 1 is 1.11 bits per heavy atom. The molecule has 0 N–H and O–H groups in total. The summed E-state index contributed by atoms with van der Waals surface area (Å²) in [4.78, 5) is 11.2. The lowest BCUT2D eigenvalue weighted by Crippen LogP contribution is -2.00. The summed E-state index contributed by atoms with van der Waals surface area (Å²) in [5.41, 5.74) is 0.572. The van der Waals surface area contributed by atoms with Crippen LogP contribution in [0.4, 0.5) is 0 Å². The van der Waals surface area contributed by atoms with Gasteiger partial charge in [-0.25, -0.2) is 4.79 Å². The lowest BCUT2D eigenvalue weighted by molar-refractivity contribution is -0.136. The van der Waals surface area contributed by atoms with E-state index in [0.717, 1.165) is 0 Å². The zero-order chi connectivity index (χ0) is 14.3. The summed E-state index contributed by atoms with van der Waals surface area (Å²) >= 11 is 0. The number of carbonyl (C=O) groups is 1. The molecule has 102 valence electrons. The minimum absolute atomic E-state index is 0.294. The Balaban J connectivity index is 3.13. The second kappa shape index (κ2) is 7.17. The number of benzene rings is 1. The summed E-state index contributed by atoms with van der Waals surface area (Å²) in [6.45, 7) is 2.02. The Morgan fingerprint density at radius 3 is 2.11 bits per heavy atom. The summed E-state index contributed by atoms with van der Waals surface area (Å²) in [7, 11) is 4.55. The standard InChI is InChI=1S/C14H16O5/c1-5-19-13(15)7-6-10-8-11(16-2)14(18-4)12(9-10)17-3/h8-9H,5H2,1-4H3. The van der Waals surface area contributed by atoms with Gasteiger partial charge in [-0.15, -0.1) is 0 Å². The molecule has 1 aromatic carbocycles. The minimum Gasteiger partial charge on any atom is -0.493 e. The number of hydrogen-bond acceptors (Lipinski definition) is 5. The largest absolute Gasteiger partial charge is 0.493 e. The van der Waals surface area contributed by atoms with Crippen molar-refractivity contribution in [1.82, 2.24) is 0 Å². The highest BCUT2D eigenvalue weighted by Gasteiger charge is 2.12. The Hall–Kier alpha value is -2.35. The molecule has 1 aromatic rings. The average Bonchev–Trinajstić information content (AvgIpc) is 2.44. The molecule has 0 saturated carbocycles. The van der Waals surface area contributed by atoms with E-state index in [-0.39, 0.29) is 0 Å². The van der Waals surface area contributed by atoms with Crippen LogP contribution in [0.15, 0.2) is 12.1 Å². The molecule has 0 aliphatic carbocycles. The van der Waals surface area contributed by atoms with Crippen LogP contribution in [0.3, 0.4) is 0 Å². The zero-order valence-corrected chi connectivity index (χ0v) is 11.4. The van der Waals surface area contributed by atoms with Gasteiger partial charge in [-0.1, -0.05) is 5.92 Å². The van der Waals surface area contributed by atoms with E-state index in [2.05, 4.69) is 11.8 Å². The third kappa shape index (κ3) is 3.81. The van der Waals surface area contributed by atoms with Crippen molar-refractivity contribution >= 4 is 5.97 Å². The molecule has 0 saturated heterocycles. The SMILES string of the molecule is CCOC(=O)C#Cc1cc(OC)c(OC)c(OC)c1. The second-order valence-corrected chi connectivity index (χ2v) is 3.38. The maximum Gasteiger partial charge on any atom is 0.384 e. The van der Waals surface area contributed by atoms with Crippen molar-refractivity contribution in [2.45, 2.75) is 6.92 Å². The highest BCUT2D eigenvalue weighted by Crippen LogP contribution is 2.37. The van der Waals surface area contributed by atoms with Crippen molar-refractivity contribution in [3.63, 3.8) is 0 Å². The van der Waals surface area contributed by atoms with E-state index in [9.17, 15) is 4.79 Å². The Labute approximate surface area is 112 Å². The quantitative estimate of drug-likeness (QED) is 0.611. The van der Waals surface area contributed by atoms with Crippen molar-refractivity contribution in [2.24, 2.45) is 0 Å². The van der Waals surface area contributed by atoms with E-state index in [0.29, 0.717) is 29.4 Å². The average molecular weight is 264 g/mol. The van der Waals surface area contributed by atoms with Crippen LogP contribution in [0.2, 0.25) is 0 Å². The minimum atomic E-state index is -0.573. The van der Waals surface area contributed by atoms with Gasteiger partial charge >= 0.3 is 5.97 Å². The molecule has 0 spiro atoms. The smallest absolute Gasteiger partial charge is 0.384 e. The van der Waals surface area contributed by atoms with Gasteiger partial charge < -0.3 is 18.9 Å². The first-order chi connectivity index (χ1) is 9.15. The summed E-state index contributed by atoms with van der Waals surface area (Å²) in [5.74, 6) is 5.94. The molecule has 0 bridgehead atoms. The highest BCUT2D eigenvalue weighted by molar-refractivity contribution is 5.89. The number of esters is 1. The van der Waals surface area contributed by atoms with Gasteiger partial charge in [-0.3, -0.25) is 0 Å². The molecule has 0 aromatic heterocycles. The van der Waals surface area contributed by atoms with Crippen molar-refractivity contribution in [2.75, 3.05) is 27.9 Å². The van der Waals surface area contributed by atoms with Crippen LogP contribution in [0.5, 0.6) is 17.2 Å². The second-order valence-electron chi connectivity index (χ2n) is 3.38. The predicted molar refractivity (Wildman–Crippen MR) is 69.6 cm³/mol. The van der Waals surface area contributed by atoms with E-state index in [1.54, 1.807) is 19.1 Å².